The summed E-state index contributed by atoms with van der Waals surface area (Å²) >= 11 is 0. The fourth-order valence-corrected chi connectivity index (χ4v) is 2.45. The van der Waals surface area contributed by atoms with Gasteiger partial charge in [-0.1, -0.05) is 13.8 Å². The summed E-state index contributed by atoms with van der Waals surface area (Å²) < 4.78 is 0. The number of aryl methyl sites for hydroxylation is 1. The first kappa shape index (κ1) is 10.7. The van der Waals surface area contributed by atoms with Crippen LogP contribution in [0.5, 0.6) is 0 Å². The van der Waals surface area contributed by atoms with Crippen LogP contribution in [0.1, 0.15) is 37.9 Å². The van der Waals surface area contributed by atoms with E-state index in [0.717, 1.165) is 18.4 Å². The summed E-state index contributed by atoms with van der Waals surface area (Å²) in [5.41, 5.74) is 2.47. The van der Waals surface area contributed by atoms with Gasteiger partial charge in [0.25, 0.3) is 0 Å². The van der Waals surface area contributed by atoms with Crippen molar-refractivity contribution in [3.05, 3.63) is 17.5 Å². The minimum absolute atomic E-state index is 0.689. The highest BCUT2D eigenvalue weighted by molar-refractivity contribution is 5.14. The van der Waals surface area contributed by atoms with Gasteiger partial charge in [0, 0.05) is 23.8 Å². The van der Waals surface area contributed by atoms with Crippen molar-refractivity contribution in [1.29, 1.82) is 0 Å². The van der Waals surface area contributed by atoms with Crippen LogP contribution in [-0.2, 0) is 6.54 Å². The minimum Gasteiger partial charge on any atom is -0.310 e. The molecule has 0 radical (unpaired) electrons. The van der Waals surface area contributed by atoms with E-state index in [9.17, 15) is 0 Å². The van der Waals surface area contributed by atoms with Gasteiger partial charge in [0.05, 0.1) is 6.20 Å². The molecule has 2 rings (SSSR count). The van der Waals surface area contributed by atoms with E-state index in [2.05, 4.69) is 36.3 Å². The fraction of sp³-hybridized carbons (Fsp3) is 0.750. The summed E-state index contributed by atoms with van der Waals surface area (Å²) in [6, 6.07) is 0.689. The van der Waals surface area contributed by atoms with E-state index >= 15 is 0 Å². The van der Waals surface area contributed by atoms with E-state index in [0.29, 0.717) is 6.04 Å². The molecule has 1 saturated carbocycles. The Morgan fingerprint density at radius 1 is 1.47 bits per heavy atom. The summed E-state index contributed by atoms with van der Waals surface area (Å²) in [6.45, 7) is 7.74. The summed E-state index contributed by atoms with van der Waals surface area (Å²) in [5, 5.41) is 10.7. The zero-order chi connectivity index (χ0) is 10.8. The van der Waals surface area contributed by atoms with Gasteiger partial charge in [-0.15, -0.1) is 0 Å². The number of H-pyrrole nitrogens is 1. The monoisotopic (exact) mass is 207 g/mol. The summed E-state index contributed by atoms with van der Waals surface area (Å²) in [6.07, 6.45) is 4.60. The molecule has 3 atom stereocenters. The maximum Gasteiger partial charge on any atom is 0.0535 e. The molecule has 3 unspecified atom stereocenters. The first-order valence-corrected chi connectivity index (χ1v) is 5.90. The van der Waals surface area contributed by atoms with E-state index < -0.39 is 0 Å². The van der Waals surface area contributed by atoms with Gasteiger partial charge in [0.2, 0.25) is 0 Å². The first-order chi connectivity index (χ1) is 7.18. The Bertz CT molecular complexity index is 318. The molecule has 3 nitrogen and oxygen atoms in total. The zero-order valence-corrected chi connectivity index (χ0v) is 9.88. The highest BCUT2D eigenvalue weighted by Crippen LogP contribution is 2.31. The number of rotatable bonds is 3. The molecule has 3 heteroatoms. The lowest BCUT2D eigenvalue weighted by Crippen LogP contribution is -2.31. The number of nitrogens with zero attached hydrogens (tertiary/aromatic N) is 1. The van der Waals surface area contributed by atoms with Gasteiger partial charge in [-0.2, -0.15) is 5.10 Å². The molecule has 1 aliphatic rings. The average molecular weight is 207 g/mol. The molecule has 0 spiro atoms. The van der Waals surface area contributed by atoms with Crippen molar-refractivity contribution in [2.75, 3.05) is 0 Å². The Hall–Kier alpha value is -0.830. The molecule has 0 saturated heterocycles. The highest BCUT2D eigenvalue weighted by Gasteiger charge is 2.29. The lowest BCUT2D eigenvalue weighted by Gasteiger charge is -2.19. The molecule has 1 aromatic heterocycles. The van der Waals surface area contributed by atoms with Gasteiger partial charge in [-0.3, -0.25) is 5.10 Å². The van der Waals surface area contributed by atoms with Crippen LogP contribution in [0.25, 0.3) is 0 Å². The standard InChI is InChI=1S/C12H21N3/c1-8-4-5-12(9(8)2)13-6-11-7-14-15-10(11)3/h7-9,12-13H,4-6H2,1-3H3,(H,14,15). The van der Waals surface area contributed by atoms with Gasteiger partial charge >= 0.3 is 0 Å². The fourth-order valence-electron chi connectivity index (χ4n) is 2.45. The van der Waals surface area contributed by atoms with Crippen LogP contribution >= 0.6 is 0 Å². The van der Waals surface area contributed by atoms with Crippen molar-refractivity contribution in [3.63, 3.8) is 0 Å². The normalized spacial score (nSPS) is 31.0. The van der Waals surface area contributed by atoms with Gasteiger partial charge in [-0.25, -0.2) is 0 Å². The maximum absolute atomic E-state index is 4.04. The molecule has 0 amide bonds. The Labute approximate surface area is 91.7 Å². The van der Waals surface area contributed by atoms with Crippen LogP contribution in [0.3, 0.4) is 0 Å². The number of aromatic amines is 1. The van der Waals surface area contributed by atoms with E-state index in [1.165, 1.54) is 24.1 Å². The van der Waals surface area contributed by atoms with E-state index in [1.54, 1.807) is 0 Å². The molecule has 1 aromatic rings. The van der Waals surface area contributed by atoms with Gasteiger partial charge < -0.3 is 5.32 Å². The molecule has 1 heterocycles. The lowest BCUT2D eigenvalue weighted by atomic mass is 9.98. The van der Waals surface area contributed by atoms with Crippen molar-refractivity contribution in [3.8, 4) is 0 Å². The van der Waals surface area contributed by atoms with E-state index in [4.69, 9.17) is 0 Å². The Morgan fingerprint density at radius 3 is 2.80 bits per heavy atom. The number of aromatic nitrogens is 2. The second-order valence-electron chi connectivity index (χ2n) is 4.92. The molecule has 0 aliphatic heterocycles. The molecule has 2 N–H and O–H groups in total. The summed E-state index contributed by atoms with van der Waals surface area (Å²) in [5.74, 6) is 1.67. The zero-order valence-electron chi connectivity index (χ0n) is 9.88. The van der Waals surface area contributed by atoms with Crippen molar-refractivity contribution in [2.45, 2.75) is 46.2 Å². The van der Waals surface area contributed by atoms with Gasteiger partial charge in [-0.05, 0) is 31.6 Å². The third-order valence-corrected chi connectivity index (χ3v) is 3.95. The van der Waals surface area contributed by atoms with Crippen molar-refractivity contribution in [2.24, 2.45) is 11.8 Å². The largest absolute Gasteiger partial charge is 0.310 e. The second-order valence-corrected chi connectivity index (χ2v) is 4.92. The Morgan fingerprint density at radius 2 is 2.27 bits per heavy atom. The van der Waals surface area contributed by atoms with Crippen LogP contribution in [0.15, 0.2) is 6.20 Å². The first-order valence-electron chi connectivity index (χ1n) is 5.90. The SMILES string of the molecule is Cc1[nH]ncc1CNC1CCC(C)C1C. The molecule has 0 aromatic carbocycles. The van der Waals surface area contributed by atoms with E-state index in [1.807, 2.05) is 6.20 Å². The highest BCUT2D eigenvalue weighted by atomic mass is 15.1. The molecule has 0 bridgehead atoms. The number of nitrogens with one attached hydrogen (secondary N) is 2. The third kappa shape index (κ3) is 2.23. The molecule has 1 aliphatic carbocycles. The average Bonchev–Trinajstić information content (AvgIpc) is 2.74. The van der Waals surface area contributed by atoms with Crippen LogP contribution in [0.2, 0.25) is 0 Å². The van der Waals surface area contributed by atoms with Crippen LogP contribution in [0, 0.1) is 18.8 Å². The lowest BCUT2D eigenvalue weighted by molar-refractivity contribution is 0.369. The summed E-state index contributed by atoms with van der Waals surface area (Å²) in [4.78, 5) is 0. The quantitative estimate of drug-likeness (QED) is 0.798. The van der Waals surface area contributed by atoms with Crippen LogP contribution in [-0.4, -0.2) is 16.2 Å². The molecule has 15 heavy (non-hydrogen) atoms. The summed E-state index contributed by atoms with van der Waals surface area (Å²) in [7, 11) is 0. The molecular weight excluding hydrogens is 186 g/mol. The topological polar surface area (TPSA) is 40.7 Å². The number of hydrogen-bond donors (Lipinski definition) is 2. The Balaban J connectivity index is 1.86. The predicted octanol–water partition coefficient (Wildman–Crippen LogP) is 2.24. The van der Waals surface area contributed by atoms with Crippen molar-refractivity contribution >= 4 is 0 Å². The Kier molecular flexibility index (Phi) is 3.10. The van der Waals surface area contributed by atoms with Gasteiger partial charge in [0.1, 0.15) is 0 Å². The van der Waals surface area contributed by atoms with Crippen molar-refractivity contribution < 1.29 is 0 Å². The number of hydrogen-bond acceptors (Lipinski definition) is 2. The third-order valence-electron chi connectivity index (χ3n) is 3.95. The van der Waals surface area contributed by atoms with Crippen LogP contribution < -0.4 is 5.32 Å². The second kappa shape index (κ2) is 4.35. The molecular formula is C12H21N3. The van der Waals surface area contributed by atoms with E-state index in [-0.39, 0.29) is 0 Å². The smallest absolute Gasteiger partial charge is 0.0535 e. The van der Waals surface area contributed by atoms with Gasteiger partial charge in [0.15, 0.2) is 0 Å². The van der Waals surface area contributed by atoms with Crippen LogP contribution in [0.4, 0.5) is 0 Å². The minimum atomic E-state index is 0.689. The molecule has 1 fully saturated rings. The molecule has 84 valence electrons. The maximum atomic E-state index is 4.04. The predicted molar refractivity (Wildman–Crippen MR) is 61.5 cm³/mol. The van der Waals surface area contributed by atoms with Crippen molar-refractivity contribution in [1.82, 2.24) is 15.5 Å².